The molecule has 1 fully saturated rings. The SMILES string of the molecule is CN(CCc1ccccc1)C(=O)c1nc2sccn2c1CN1CCC(N(C)C)C1. The Morgan fingerprint density at radius 3 is 2.76 bits per heavy atom. The first-order valence-electron chi connectivity index (χ1n) is 10.2. The fourth-order valence-electron chi connectivity index (χ4n) is 3.97. The molecule has 154 valence electrons. The first-order chi connectivity index (χ1) is 14.0. The second-order valence-electron chi connectivity index (χ2n) is 8.07. The minimum absolute atomic E-state index is 0.00943. The molecule has 2 aromatic heterocycles. The van der Waals surface area contributed by atoms with Gasteiger partial charge in [0.25, 0.3) is 5.91 Å². The number of nitrogens with zero attached hydrogens (tertiary/aromatic N) is 5. The van der Waals surface area contributed by atoms with Crippen LogP contribution in [0.15, 0.2) is 41.9 Å². The number of likely N-dealkylation sites (N-methyl/N-ethyl adjacent to an activating group) is 2. The zero-order valence-electron chi connectivity index (χ0n) is 17.4. The third-order valence-electron chi connectivity index (χ3n) is 5.84. The van der Waals surface area contributed by atoms with Crippen LogP contribution in [0.25, 0.3) is 4.96 Å². The highest BCUT2D eigenvalue weighted by atomic mass is 32.1. The topological polar surface area (TPSA) is 44.1 Å². The Morgan fingerprint density at radius 2 is 2.03 bits per heavy atom. The lowest BCUT2D eigenvalue weighted by Crippen LogP contribution is -2.33. The van der Waals surface area contributed by atoms with Crippen molar-refractivity contribution >= 4 is 22.2 Å². The molecule has 1 saturated heterocycles. The third-order valence-corrected chi connectivity index (χ3v) is 6.60. The number of fused-ring (bicyclic) bond motifs is 1. The number of hydrogen-bond acceptors (Lipinski definition) is 5. The summed E-state index contributed by atoms with van der Waals surface area (Å²) in [6.07, 6.45) is 4.04. The smallest absolute Gasteiger partial charge is 0.274 e. The van der Waals surface area contributed by atoms with E-state index < -0.39 is 0 Å². The maximum absolute atomic E-state index is 13.2. The summed E-state index contributed by atoms with van der Waals surface area (Å²) < 4.78 is 2.09. The lowest BCUT2D eigenvalue weighted by atomic mass is 10.1. The van der Waals surface area contributed by atoms with Gasteiger partial charge in [-0.15, -0.1) is 11.3 Å². The van der Waals surface area contributed by atoms with E-state index in [9.17, 15) is 4.79 Å². The van der Waals surface area contributed by atoms with Crippen LogP contribution in [0.1, 0.15) is 28.2 Å². The molecule has 0 saturated carbocycles. The highest BCUT2D eigenvalue weighted by molar-refractivity contribution is 7.15. The predicted octanol–water partition coefficient (Wildman–Crippen LogP) is 2.85. The van der Waals surface area contributed by atoms with Crippen molar-refractivity contribution in [3.05, 3.63) is 58.9 Å². The van der Waals surface area contributed by atoms with Gasteiger partial charge in [-0.25, -0.2) is 4.98 Å². The molecule has 1 aliphatic rings. The van der Waals surface area contributed by atoms with E-state index in [1.807, 2.05) is 36.8 Å². The van der Waals surface area contributed by atoms with Crippen molar-refractivity contribution in [1.29, 1.82) is 0 Å². The number of carbonyl (C=O) groups excluding carboxylic acids is 1. The average molecular weight is 412 g/mol. The summed E-state index contributed by atoms with van der Waals surface area (Å²) in [5.74, 6) is 0.00943. The Labute approximate surface area is 176 Å². The van der Waals surface area contributed by atoms with Gasteiger partial charge < -0.3 is 9.80 Å². The van der Waals surface area contributed by atoms with Gasteiger partial charge in [0.15, 0.2) is 10.7 Å². The first-order valence-corrected chi connectivity index (χ1v) is 11.0. The van der Waals surface area contributed by atoms with Gasteiger partial charge in [0, 0.05) is 50.8 Å². The van der Waals surface area contributed by atoms with Gasteiger partial charge in [-0.3, -0.25) is 14.1 Å². The van der Waals surface area contributed by atoms with E-state index in [0.717, 1.165) is 36.7 Å². The highest BCUT2D eigenvalue weighted by Crippen LogP contribution is 2.23. The molecule has 1 aliphatic heterocycles. The van der Waals surface area contributed by atoms with E-state index in [-0.39, 0.29) is 5.91 Å². The van der Waals surface area contributed by atoms with E-state index in [1.54, 1.807) is 16.2 Å². The number of carbonyl (C=O) groups is 1. The lowest BCUT2D eigenvalue weighted by molar-refractivity contribution is 0.0789. The van der Waals surface area contributed by atoms with Crippen molar-refractivity contribution in [1.82, 2.24) is 24.1 Å². The summed E-state index contributed by atoms with van der Waals surface area (Å²) >= 11 is 1.58. The van der Waals surface area contributed by atoms with Gasteiger partial charge in [0.1, 0.15) is 0 Å². The number of rotatable bonds is 7. The number of likely N-dealkylation sites (tertiary alicyclic amines) is 1. The van der Waals surface area contributed by atoms with Gasteiger partial charge in [-0.2, -0.15) is 0 Å². The molecule has 0 aliphatic carbocycles. The van der Waals surface area contributed by atoms with Crippen molar-refractivity contribution in [2.45, 2.75) is 25.4 Å². The standard InChI is InChI=1S/C22H29N5OS/c1-24(2)18-10-12-26(15-18)16-19-20(23-22-27(19)13-14-29-22)21(28)25(3)11-9-17-7-5-4-6-8-17/h4-8,13-14,18H,9-12,15-16H2,1-3H3. The molecule has 3 heterocycles. The molecule has 3 aromatic rings. The van der Waals surface area contributed by atoms with Crippen molar-refractivity contribution < 1.29 is 4.79 Å². The number of amides is 1. The molecular formula is C22H29N5OS. The van der Waals surface area contributed by atoms with E-state index in [0.29, 0.717) is 18.3 Å². The van der Waals surface area contributed by atoms with Gasteiger partial charge in [0.05, 0.1) is 5.69 Å². The predicted molar refractivity (Wildman–Crippen MR) is 118 cm³/mol. The molecule has 6 nitrogen and oxygen atoms in total. The molecule has 1 aromatic carbocycles. The van der Waals surface area contributed by atoms with Crippen LogP contribution in [-0.4, -0.2) is 76.8 Å². The fraction of sp³-hybridized carbons (Fsp3) is 0.455. The van der Waals surface area contributed by atoms with Crippen molar-refractivity contribution in [2.75, 3.05) is 40.8 Å². The normalized spacial score (nSPS) is 17.4. The van der Waals surface area contributed by atoms with E-state index >= 15 is 0 Å². The minimum atomic E-state index is 0.00943. The molecule has 7 heteroatoms. The first kappa shape index (κ1) is 20.1. The average Bonchev–Trinajstić information content (AvgIpc) is 3.44. The summed E-state index contributed by atoms with van der Waals surface area (Å²) in [4.78, 5) is 25.3. The van der Waals surface area contributed by atoms with Crippen molar-refractivity contribution in [3.8, 4) is 0 Å². The molecule has 0 radical (unpaired) electrons. The number of imidazole rings is 1. The molecule has 0 spiro atoms. The van der Waals surface area contributed by atoms with Crippen LogP contribution in [0.3, 0.4) is 0 Å². The van der Waals surface area contributed by atoms with E-state index in [1.165, 1.54) is 12.0 Å². The third kappa shape index (κ3) is 4.37. The maximum atomic E-state index is 13.2. The quantitative estimate of drug-likeness (QED) is 0.600. The Morgan fingerprint density at radius 1 is 1.24 bits per heavy atom. The summed E-state index contributed by atoms with van der Waals surface area (Å²) in [7, 11) is 6.15. The lowest BCUT2D eigenvalue weighted by Gasteiger charge is -2.21. The van der Waals surface area contributed by atoms with Crippen LogP contribution >= 0.6 is 11.3 Å². The molecular weight excluding hydrogens is 382 g/mol. The molecule has 1 amide bonds. The largest absolute Gasteiger partial charge is 0.340 e. The van der Waals surface area contributed by atoms with Gasteiger partial charge >= 0.3 is 0 Å². The molecule has 1 unspecified atom stereocenters. The number of benzene rings is 1. The Kier molecular flexibility index (Phi) is 5.99. The van der Waals surface area contributed by atoms with E-state index in [4.69, 9.17) is 4.98 Å². The molecule has 1 atom stereocenters. The maximum Gasteiger partial charge on any atom is 0.274 e. The number of aromatic nitrogens is 2. The van der Waals surface area contributed by atoms with Crippen LogP contribution in [0, 0.1) is 0 Å². The summed E-state index contributed by atoms with van der Waals surface area (Å²) in [6, 6.07) is 10.9. The zero-order valence-corrected chi connectivity index (χ0v) is 18.2. The van der Waals surface area contributed by atoms with Gasteiger partial charge in [-0.1, -0.05) is 30.3 Å². The van der Waals surface area contributed by atoms with Crippen molar-refractivity contribution in [3.63, 3.8) is 0 Å². The number of hydrogen-bond donors (Lipinski definition) is 0. The monoisotopic (exact) mass is 411 g/mol. The molecule has 4 rings (SSSR count). The second kappa shape index (κ2) is 8.65. The Balaban J connectivity index is 1.50. The highest BCUT2D eigenvalue weighted by Gasteiger charge is 2.28. The summed E-state index contributed by atoms with van der Waals surface area (Å²) in [5, 5.41) is 2.03. The van der Waals surface area contributed by atoms with Crippen LogP contribution in [0.5, 0.6) is 0 Å². The minimum Gasteiger partial charge on any atom is -0.340 e. The second-order valence-corrected chi connectivity index (χ2v) is 8.94. The molecule has 29 heavy (non-hydrogen) atoms. The Bertz CT molecular complexity index is 964. The molecule has 0 bridgehead atoms. The van der Waals surface area contributed by atoms with Crippen LogP contribution < -0.4 is 0 Å². The zero-order chi connectivity index (χ0) is 20.4. The van der Waals surface area contributed by atoms with Gasteiger partial charge in [-0.05, 0) is 32.5 Å². The van der Waals surface area contributed by atoms with Crippen molar-refractivity contribution in [2.24, 2.45) is 0 Å². The summed E-state index contributed by atoms with van der Waals surface area (Å²) in [5.41, 5.74) is 2.85. The summed E-state index contributed by atoms with van der Waals surface area (Å²) in [6.45, 7) is 3.52. The Hall–Kier alpha value is -2.22. The van der Waals surface area contributed by atoms with Crippen LogP contribution in [-0.2, 0) is 13.0 Å². The van der Waals surface area contributed by atoms with E-state index in [2.05, 4.69) is 40.4 Å². The van der Waals surface area contributed by atoms with Gasteiger partial charge in [0.2, 0.25) is 0 Å². The number of thiazole rings is 1. The van der Waals surface area contributed by atoms with Crippen LogP contribution in [0.4, 0.5) is 0 Å². The van der Waals surface area contributed by atoms with Crippen LogP contribution in [0.2, 0.25) is 0 Å². The molecule has 0 N–H and O–H groups in total. The fourth-order valence-corrected chi connectivity index (χ4v) is 4.70.